The molecule has 2 aromatic rings. The highest BCUT2D eigenvalue weighted by Gasteiger charge is 2.43. The highest BCUT2D eigenvalue weighted by molar-refractivity contribution is 6.06. The van der Waals surface area contributed by atoms with Crippen LogP contribution in [0.1, 0.15) is 36.5 Å². The molecule has 2 heterocycles. The first-order valence-electron chi connectivity index (χ1n) is 11.2. The SMILES string of the molecule is COC(=O)C1=C(C(=O)OC)N(c2ccc3c(c2)CNC(=O)C3(C)C)C(N)=C(C#N)C1c1ccccc1. The van der Waals surface area contributed by atoms with Crippen LogP contribution in [0.4, 0.5) is 5.69 Å². The largest absolute Gasteiger partial charge is 0.466 e. The van der Waals surface area contributed by atoms with Crippen molar-refractivity contribution in [2.75, 3.05) is 19.1 Å². The van der Waals surface area contributed by atoms with Crippen LogP contribution >= 0.6 is 0 Å². The average Bonchev–Trinajstić information content (AvgIpc) is 2.89. The molecule has 0 bridgehead atoms. The predicted octanol–water partition coefficient (Wildman–Crippen LogP) is 2.49. The lowest BCUT2D eigenvalue weighted by molar-refractivity contribution is -0.139. The molecule has 36 heavy (non-hydrogen) atoms. The Hall–Kier alpha value is -4.58. The molecule has 0 aliphatic carbocycles. The van der Waals surface area contributed by atoms with E-state index in [1.54, 1.807) is 48.5 Å². The highest BCUT2D eigenvalue weighted by Crippen LogP contribution is 2.44. The Balaban J connectivity index is 2.01. The van der Waals surface area contributed by atoms with Gasteiger partial charge in [0.2, 0.25) is 5.91 Å². The molecule has 2 aromatic carbocycles. The summed E-state index contributed by atoms with van der Waals surface area (Å²) in [7, 11) is 2.40. The molecule has 1 atom stereocenters. The summed E-state index contributed by atoms with van der Waals surface area (Å²) in [6.07, 6.45) is 0. The van der Waals surface area contributed by atoms with E-state index in [9.17, 15) is 19.6 Å². The Morgan fingerprint density at radius 3 is 2.39 bits per heavy atom. The molecule has 2 aliphatic heterocycles. The minimum Gasteiger partial charge on any atom is -0.466 e. The second-order valence-corrected chi connectivity index (χ2v) is 8.98. The molecule has 3 N–H and O–H groups in total. The summed E-state index contributed by atoms with van der Waals surface area (Å²) in [4.78, 5) is 40.1. The molecule has 0 aromatic heterocycles. The van der Waals surface area contributed by atoms with Crippen LogP contribution in [0.3, 0.4) is 0 Å². The number of carbonyl (C=O) groups excluding carboxylic acids is 3. The predicted molar refractivity (Wildman–Crippen MR) is 131 cm³/mol. The van der Waals surface area contributed by atoms with Crippen molar-refractivity contribution in [1.29, 1.82) is 5.26 Å². The van der Waals surface area contributed by atoms with Crippen LogP contribution in [0, 0.1) is 11.3 Å². The number of fused-ring (bicyclic) bond motifs is 1. The summed E-state index contributed by atoms with van der Waals surface area (Å²) in [5, 5.41) is 13.0. The molecule has 9 nitrogen and oxygen atoms in total. The van der Waals surface area contributed by atoms with Gasteiger partial charge in [0, 0.05) is 12.2 Å². The van der Waals surface area contributed by atoms with E-state index in [1.165, 1.54) is 19.1 Å². The molecule has 0 saturated heterocycles. The van der Waals surface area contributed by atoms with E-state index in [4.69, 9.17) is 15.2 Å². The second-order valence-electron chi connectivity index (χ2n) is 8.98. The molecule has 0 spiro atoms. The van der Waals surface area contributed by atoms with E-state index >= 15 is 0 Å². The van der Waals surface area contributed by atoms with Crippen LogP contribution in [-0.4, -0.2) is 32.1 Å². The monoisotopic (exact) mass is 486 g/mol. The van der Waals surface area contributed by atoms with E-state index < -0.39 is 23.3 Å². The van der Waals surface area contributed by atoms with Crippen molar-refractivity contribution in [3.05, 3.63) is 87.9 Å². The Morgan fingerprint density at radius 1 is 1.11 bits per heavy atom. The number of nitriles is 1. The fraction of sp³-hybridized carbons (Fsp3) is 0.259. The number of nitrogens with one attached hydrogen (secondary N) is 1. The highest BCUT2D eigenvalue weighted by atomic mass is 16.5. The summed E-state index contributed by atoms with van der Waals surface area (Å²) in [5.41, 5.74) is 8.33. The van der Waals surface area contributed by atoms with Crippen LogP contribution in [0.2, 0.25) is 0 Å². The zero-order chi connectivity index (χ0) is 26.2. The van der Waals surface area contributed by atoms with Crippen molar-refractivity contribution in [2.45, 2.75) is 31.7 Å². The van der Waals surface area contributed by atoms with E-state index in [0.717, 1.165) is 11.1 Å². The van der Waals surface area contributed by atoms with Gasteiger partial charge >= 0.3 is 11.9 Å². The van der Waals surface area contributed by atoms with Crippen molar-refractivity contribution in [3.63, 3.8) is 0 Å². The maximum Gasteiger partial charge on any atom is 0.355 e. The fourth-order valence-electron chi connectivity index (χ4n) is 4.78. The number of nitrogens with zero attached hydrogens (tertiary/aromatic N) is 2. The van der Waals surface area contributed by atoms with E-state index in [2.05, 4.69) is 11.4 Å². The molecular formula is C27H26N4O5. The minimum atomic E-state index is -0.940. The quantitative estimate of drug-likeness (QED) is 0.630. The molecule has 0 radical (unpaired) electrons. The number of amides is 1. The Kier molecular flexibility index (Phi) is 6.29. The molecule has 0 saturated carbocycles. The average molecular weight is 487 g/mol. The summed E-state index contributed by atoms with van der Waals surface area (Å²) < 4.78 is 10.1. The van der Waals surface area contributed by atoms with Gasteiger partial charge < -0.3 is 20.5 Å². The maximum absolute atomic E-state index is 13.2. The lowest BCUT2D eigenvalue weighted by atomic mass is 9.78. The zero-order valence-electron chi connectivity index (χ0n) is 20.4. The Labute approximate surface area is 208 Å². The first-order chi connectivity index (χ1) is 17.2. The number of esters is 2. The molecule has 2 aliphatic rings. The fourth-order valence-corrected chi connectivity index (χ4v) is 4.78. The molecule has 9 heteroatoms. The van der Waals surface area contributed by atoms with Crippen molar-refractivity contribution in [2.24, 2.45) is 5.73 Å². The minimum absolute atomic E-state index is 0.0153. The van der Waals surface area contributed by atoms with Crippen molar-refractivity contribution >= 4 is 23.5 Å². The topological polar surface area (TPSA) is 135 Å². The number of allylic oxidation sites excluding steroid dienone is 1. The van der Waals surface area contributed by atoms with Gasteiger partial charge in [-0.15, -0.1) is 0 Å². The van der Waals surface area contributed by atoms with Gasteiger partial charge in [-0.1, -0.05) is 36.4 Å². The van der Waals surface area contributed by atoms with Gasteiger partial charge in [-0.05, 0) is 42.7 Å². The molecular weight excluding hydrogens is 460 g/mol. The van der Waals surface area contributed by atoms with Crippen LogP contribution in [0.5, 0.6) is 0 Å². The summed E-state index contributed by atoms with van der Waals surface area (Å²) in [5.74, 6) is -2.66. The van der Waals surface area contributed by atoms with Crippen LogP contribution in [0.15, 0.2) is 71.2 Å². The van der Waals surface area contributed by atoms with Gasteiger partial charge in [-0.2, -0.15) is 5.26 Å². The van der Waals surface area contributed by atoms with Gasteiger partial charge in [0.1, 0.15) is 11.5 Å². The zero-order valence-corrected chi connectivity index (χ0v) is 20.4. The number of hydrogen-bond donors (Lipinski definition) is 2. The van der Waals surface area contributed by atoms with Crippen LogP contribution in [0.25, 0.3) is 0 Å². The number of ether oxygens (including phenoxy) is 2. The summed E-state index contributed by atoms with van der Waals surface area (Å²) in [6, 6.07) is 16.2. The van der Waals surface area contributed by atoms with Gasteiger partial charge in [0.05, 0.1) is 42.8 Å². The van der Waals surface area contributed by atoms with E-state index in [-0.39, 0.29) is 35.1 Å². The number of benzene rings is 2. The van der Waals surface area contributed by atoms with Crippen LogP contribution in [-0.2, 0) is 35.8 Å². The third kappa shape index (κ3) is 3.77. The smallest absolute Gasteiger partial charge is 0.355 e. The number of nitrogens with two attached hydrogens (primary N) is 1. The molecule has 184 valence electrons. The summed E-state index contributed by atoms with van der Waals surface area (Å²) >= 11 is 0. The lowest BCUT2D eigenvalue weighted by Crippen LogP contribution is -2.45. The van der Waals surface area contributed by atoms with Gasteiger partial charge in [0.15, 0.2) is 0 Å². The number of carbonyl (C=O) groups is 3. The van der Waals surface area contributed by atoms with E-state index in [1.807, 2.05) is 13.8 Å². The normalized spacial score (nSPS) is 18.7. The second kappa shape index (κ2) is 9.23. The third-order valence-electron chi connectivity index (χ3n) is 6.64. The van der Waals surface area contributed by atoms with Crippen molar-refractivity contribution in [3.8, 4) is 6.07 Å². The number of hydrogen-bond acceptors (Lipinski definition) is 8. The van der Waals surface area contributed by atoms with Crippen LogP contribution < -0.4 is 16.0 Å². The van der Waals surface area contributed by atoms with E-state index in [0.29, 0.717) is 11.3 Å². The molecule has 1 unspecified atom stereocenters. The van der Waals surface area contributed by atoms with Gasteiger partial charge in [-0.25, -0.2) is 9.59 Å². The van der Waals surface area contributed by atoms with Crippen molar-refractivity contribution in [1.82, 2.24) is 5.32 Å². The molecule has 1 amide bonds. The lowest BCUT2D eigenvalue weighted by Gasteiger charge is -2.37. The van der Waals surface area contributed by atoms with Crippen molar-refractivity contribution < 1.29 is 23.9 Å². The third-order valence-corrected chi connectivity index (χ3v) is 6.64. The number of anilines is 1. The number of rotatable bonds is 4. The standard InChI is InChI=1S/C27H26N4O5/c1-27(2)19-11-10-17(12-16(19)14-30-26(27)34)31-22(25(33)36-4)21(24(32)35-3)20(18(13-28)23(31)29)15-8-6-5-7-9-15/h5-12,20H,14,29H2,1-4H3,(H,30,34). The number of methoxy groups -OCH3 is 2. The first kappa shape index (κ1) is 24.5. The molecule has 0 fully saturated rings. The Morgan fingerprint density at radius 2 is 1.78 bits per heavy atom. The molecule has 4 rings (SSSR count). The first-order valence-corrected chi connectivity index (χ1v) is 11.2. The summed E-state index contributed by atoms with van der Waals surface area (Å²) in [6.45, 7) is 3.92. The van der Waals surface area contributed by atoms with Gasteiger partial charge in [-0.3, -0.25) is 9.69 Å². The Bertz CT molecular complexity index is 1370. The maximum atomic E-state index is 13.2. The van der Waals surface area contributed by atoms with Gasteiger partial charge in [0.25, 0.3) is 0 Å².